The van der Waals surface area contributed by atoms with Crippen molar-refractivity contribution in [2.75, 3.05) is 6.61 Å². The molecule has 0 aliphatic heterocycles. The molecule has 0 fully saturated rings. The first-order chi connectivity index (χ1) is 13.8. The van der Waals surface area contributed by atoms with Gasteiger partial charge in [0, 0.05) is 0 Å². The van der Waals surface area contributed by atoms with Gasteiger partial charge in [-0.15, -0.1) is 6.58 Å². The molecule has 3 rings (SSSR count). The van der Waals surface area contributed by atoms with Crippen LogP contribution >= 0.6 is 0 Å². The molecule has 0 aliphatic rings. The third-order valence-corrected chi connectivity index (χ3v) is 4.72. The van der Waals surface area contributed by atoms with E-state index in [9.17, 15) is 0 Å². The number of allylic oxidation sites excluding steroid dienone is 2. The molecule has 1 heteroatoms. The molecule has 0 N–H and O–H groups in total. The topological polar surface area (TPSA) is 9.23 Å². The van der Waals surface area contributed by atoms with Gasteiger partial charge >= 0.3 is 0 Å². The van der Waals surface area contributed by atoms with Gasteiger partial charge in [0.1, 0.15) is 0 Å². The van der Waals surface area contributed by atoms with E-state index >= 15 is 0 Å². The van der Waals surface area contributed by atoms with Crippen molar-refractivity contribution in [3.63, 3.8) is 0 Å². The molecule has 0 atom stereocenters. The summed E-state index contributed by atoms with van der Waals surface area (Å²) >= 11 is 0. The Bertz CT molecular complexity index is 905. The van der Waals surface area contributed by atoms with E-state index in [0.717, 1.165) is 12.8 Å². The van der Waals surface area contributed by atoms with Gasteiger partial charge in [-0.1, -0.05) is 97.9 Å². The summed E-state index contributed by atoms with van der Waals surface area (Å²) in [4.78, 5) is 0. The first-order valence-corrected chi connectivity index (χ1v) is 9.93. The molecule has 0 aromatic heterocycles. The van der Waals surface area contributed by atoms with Crippen molar-refractivity contribution >= 4 is 0 Å². The van der Waals surface area contributed by atoms with E-state index in [2.05, 4.69) is 92.4 Å². The Morgan fingerprint density at radius 3 is 2.25 bits per heavy atom. The summed E-state index contributed by atoms with van der Waals surface area (Å²) in [6.45, 7) is 7.35. The van der Waals surface area contributed by atoms with Crippen LogP contribution in [-0.2, 0) is 17.8 Å². The summed E-state index contributed by atoms with van der Waals surface area (Å²) in [5, 5.41) is 0. The second-order valence-corrected chi connectivity index (χ2v) is 6.82. The Morgan fingerprint density at radius 1 is 0.821 bits per heavy atom. The van der Waals surface area contributed by atoms with Gasteiger partial charge in [0.15, 0.2) is 0 Å². The predicted molar refractivity (Wildman–Crippen MR) is 120 cm³/mol. The molecular formula is C27H28O. The Morgan fingerprint density at radius 2 is 1.54 bits per heavy atom. The Hall–Kier alpha value is -2.90. The Labute approximate surface area is 169 Å². The van der Waals surface area contributed by atoms with E-state index in [-0.39, 0.29) is 0 Å². The zero-order valence-electron chi connectivity index (χ0n) is 16.6. The van der Waals surface area contributed by atoms with E-state index in [1.165, 1.54) is 33.4 Å². The SMILES string of the molecule is C=CCc1cc(COC/C=C/CC)ccc1-c1ccc(-c2ccccc2)cc1. The lowest BCUT2D eigenvalue weighted by molar-refractivity contribution is 0.148. The summed E-state index contributed by atoms with van der Waals surface area (Å²) < 4.78 is 5.75. The first kappa shape index (κ1) is 19.9. The number of rotatable bonds is 9. The van der Waals surface area contributed by atoms with E-state index in [1.807, 2.05) is 12.1 Å². The van der Waals surface area contributed by atoms with Crippen molar-refractivity contribution in [3.05, 3.63) is 109 Å². The highest BCUT2D eigenvalue weighted by atomic mass is 16.5. The summed E-state index contributed by atoms with van der Waals surface area (Å²) in [6, 6.07) is 25.9. The van der Waals surface area contributed by atoms with E-state index < -0.39 is 0 Å². The van der Waals surface area contributed by atoms with Gasteiger partial charge in [-0.2, -0.15) is 0 Å². The molecule has 3 aromatic rings. The quantitative estimate of drug-likeness (QED) is 0.286. The summed E-state index contributed by atoms with van der Waals surface area (Å²) in [5.74, 6) is 0. The van der Waals surface area contributed by atoms with Crippen LogP contribution in [0.15, 0.2) is 97.6 Å². The second kappa shape index (κ2) is 10.4. The van der Waals surface area contributed by atoms with Gasteiger partial charge in [0.2, 0.25) is 0 Å². The number of benzene rings is 3. The Balaban J connectivity index is 1.78. The lowest BCUT2D eigenvalue weighted by atomic mass is 9.94. The van der Waals surface area contributed by atoms with Crippen LogP contribution in [0.1, 0.15) is 24.5 Å². The number of ether oxygens (including phenoxy) is 1. The zero-order valence-corrected chi connectivity index (χ0v) is 16.6. The third kappa shape index (κ3) is 5.31. The monoisotopic (exact) mass is 368 g/mol. The van der Waals surface area contributed by atoms with E-state index in [1.54, 1.807) is 0 Å². The largest absolute Gasteiger partial charge is 0.373 e. The maximum absolute atomic E-state index is 5.75. The molecule has 0 unspecified atom stereocenters. The molecular weight excluding hydrogens is 340 g/mol. The average Bonchev–Trinajstić information content (AvgIpc) is 2.75. The molecule has 142 valence electrons. The molecule has 0 spiro atoms. The lowest BCUT2D eigenvalue weighted by Crippen LogP contribution is -1.96. The van der Waals surface area contributed by atoms with Crippen molar-refractivity contribution in [1.29, 1.82) is 0 Å². The molecule has 0 heterocycles. The minimum Gasteiger partial charge on any atom is -0.373 e. The standard InChI is InChI=1S/C27H28O/c1-3-5-9-19-28-21-22-13-18-27(26(20-22)10-4-2)25-16-14-24(15-17-25)23-11-7-6-8-12-23/h4-9,11-18,20H,2-3,10,19,21H2,1H3/b9-5+. The van der Waals surface area contributed by atoms with Crippen LogP contribution in [0, 0.1) is 0 Å². The van der Waals surface area contributed by atoms with Gasteiger partial charge in [-0.05, 0) is 46.2 Å². The minimum absolute atomic E-state index is 0.630. The fourth-order valence-electron chi connectivity index (χ4n) is 3.30. The second-order valence-electron chi connectivity index (χ2n) is 6.82. The van der Waals surface area contributed by atoms with Crippen molar-refractivity contribution in [2.45, 2.75) is 26.4 Å². The lowest BCUT2D eigenvalue weighted by Gasteiger charge is -2.12. The summed E-state index contributed by atoms with van der Waals surface area (Å²) in [7, 11) is 0. The highest BCUT2D eigenvalue weighted by Crippen LogP contribution is 2.28. The maximum Gasteiger partial charge on any atom is 0.0721 e. The molecule has 0 bridgehead atoms. The van der Waals surface area contributed by atoms with Crippen molar-refractivity contribution in [2.24, 2.45) is 0 Å². The van der Waals surface area contributed by atoms with Crippen molar-refractivity contribution < 1.29 is 4.74 Å². The van der Waals surface area contributed by atoms with Crippen LogP contribution in [0.5, 0.6) is 0 Å². The van der Waals surface area contributed by atoms with Gasteiger partial charge in [-0.25, -0.2) is 0 Å². The molecule has 3 aromatic carbocycles. The van der Waals surface area contributed by atoms with Crippen molar-refractivity contribution in [1.82, 2.24) is 0 Å². The zero-order chi connectivity index (χ0) is 19.6. The van der Waals surface area contributed by atoms with Gasteiger partial charge in [0.25, 0.3) is 0 Å². The number of hydrogen-bond acceptors (Lipinski definition) is 1. The maximum atomic E-state index is 5.75. The van der Waals surface area contributed by atoms with Gasteiger partial charge in [-0.3, -0.25) is 0 Å². The highest BCUT2D eigenvalue weighted by Gasteiger charge is 2.07. The Kier molecular flexibility index (Phi) is 7.40. The molecule has 0 saturated carbocycles. The van der Waals surface area contributed by atoms with Crippen LogP contribution in [-0.4, -0.2) is 6.61 Å². The van der Waals surface area contributed by atoms with Crippen LogP contribution in [0.3, 0.4) is 0 Å². The van der Waals surface area contributed by atoms with Crippen molar-refractivity contribution in [3.8, 4) is 22.3 Å². The summed E-state index contributed by atoms with van der Waals surface area (Å²) in [5.41, 5.74) is 7.45. The first-order valence-electron chi connectivity index (χ1n) is 9.93. The number of hydrogen-bond donors (Lipinski definition) is 0. The fraction of sp³-hybridized carbons (Fsp3) is 0.185. The normalized spacial score (nSPS) is 11.0. The molecule has 0 saturated heterocycles. The van der Waals surface area contributed by atoms with E-state index in [0.29, 0.717) is 13.2 Å². The molecule has 0 radical (unpaired) electrons. The van der Waals surface area contributed by atoms with Crippen LogP contribution in [0.2, 0.25) is 0 Å². The third-order valence-electron chi connectivity index (χ3n) is 4.72. The molecule has 1 nitrogen and oxygen atoms in total. The van der Waals surface area contributed by atoms with Crippen LogP contribution < -0.4 is 0 Å². The minimum atomic E-state index is 0.630. The molecule has 0 aliphatic carbocycles. The smallest absolute Gasteiger partial charge is 0.0721 e. The van der Waals surface area contributed by atoms with Gasteiger partial charge in [0.05, 0.1) is 13.2 Å². The summed E-state index contributed by atoms with van der Waals surface area (Å²) in [6.07, 6.45) is 8.06. The van der Waals surface area contributed by atoms with Crippen LogP contribution in [0.25, 0.3) is 22.3 Å². The van der Waals surface area contributed by atoms with Gasteiger partial charge < -0.3 is 4.74 Å². The van der Waals surface area contributed by atoms with E-state index in [4.69, 9.17) is 4.74 Å². The fourth-order valence-corrected chi connectivity index (χ4v) is 3.30. The molecule has 0 amide bonds. The predicted octanol–water partition coefficient (Wildman–Crippen LogP) is 7.23. The average molecular weight is 369 g/mol. The molecule has 28 heavy (non-hydrogen) atoms. The highest BCUT2D eigenvalue weighted by molar-refractivity contribution is 5.72. The van der Waals surface area contributed by atoms with Crippen LogP contribution in [0.4, 0.5) is 0 Å².